The van der Waals surface area contributed by atoms with Crippen LogP contribution in [0.15, 0.2) is 36.4 Å². The molecule has 1 N–H and O–H groups in total. The lowest BCUT2D eigenvalue weighted by molar-refractivity contribution is -0.0487. The molecule has 0 aliphatic carbocycles. The van der Waals surface area contributed by atoms with E-state index >= 15 is 0 Å². The molecule has 2 aromatic carbocycles. The molecule has 0 radical (unpaired) electrons. The first-order chi connectivity index (χ1) is 8.08. The zero-order chi connectivity index (χ0) is 12.4. The Labute approximate surface area is 95.2 Å². The van der Waals surface area contributed by atoms with Gasteiger partial charge in [0.1, 0.15) is 5.75 Å². The second-order valence-electron chi connectivity index (χ2n) is 3.38. The summed E-state index contributed by atoms with van der Waals surface area (Å²) in [5.74, 6) is -1.14. The van der Waals surface area contributed by atoms with E-state index in [9.17, 15) is 13.6 Å². The Morgan fingerprint density at radius 2 is 2.00 bits per heavy atom. The standard InChI is InChI=1S/C12H8F2O3/c13-12(14)17-10-3-1-2-7-4-5-8(11(15)16)6-9(7)10/h1-6,12H,(H,15,16). The number of halogens is 2. The van der Waals surface area contributed by atoms with Crippen molar-refractivity contribution >= 4 is 16.7 Å². The van der Waals surface area contributed by atoms with Crippen LogP contribution in [0.25, 0.3) is 10.8 Å². The summed E-state index contributed by atoms with van der Waals surface area (Å²) >= 11 is 0. The summed E-state index contributed by atoms with van der Waals surface area (Å²) in [7, 11) is 0. The van der Waals surface area contributed by atoms with E-state index in [-0.39, 0.29) is 11.3 Å². The number of aromatic carboxylic acids is 1. The van der Waals surface area contributed by atoms with Gasteiger partial charge >= 0.3 is 12.6 Å². The number of alkyl halides is 2. The normalized spacial score (nSPS) is 10.8. The Morgan fingerprint density at radius 3 is 2.65 bits per heavy atom. The molecular weight excluding hydrogens is 230 g/mol. The van der Waals surface area contributed by atoms with Crippen LogP contribution in [0, 0.1) is 0 Å². The molecule has 2 aromatic rings. The van der Waals surface area contributed by atoms with Crippen molar-refractivity contribution in [1.29, 1.82) is 0 Å². The minimum Gasteiger partial charge on any atom is -0.478 e. The first-order valence-electron chi connectivity index (χ1n) is 4.79. The Hall–Kier alpha value is -2.17. The van der Waals surface area contributed by atoms with Gasteiger partial charge in [-0.05, 0) is 23.6 Å². The van der Waals surface area contributed by atoms with Gasteiger partial charge in [0.15, 0.2) is 0 Å². The molecule has 0 bridgehead atoms. The maximum atomic E-state index is 12.2. The highest BCUT2D eigenvalue weighted by atomic mass is 19.3. The molecule has 17 heavy (non-hydrogen) atoms. The van der Waals surface area contributed by atoms with E-state index in [4.69, 9.17) is 5.11 Å². The number of carboxylic acid groups (broad SMARTS) is 1. The summed E-state index contributed by atoms with van der Waals surface area (Å²) < 4.78 is 28.7. The van der Waals surface area contributed by atoms with Gasteiger partial charge in [0.2, 0.25) is 0 Å². The number of carbonyl (C=O) groups is 1. The van der Waals surface area contributed by atoms with Gasteiger partial charge < -0.3 is 9.84 Å². The van der Waals surface area contributed by atoms with Gasteiger partial charge in [-0.3, -0.25) is 0 Å². The summed E-state index contributed by atoms with van der Waals surface area (Å²) in [6, 6.07) is 8.92. The molecule has 0 atom stereocenters. The molecule has 3 nitrogen and oxygen atoms in total. The molecule has 0 saturated heterocycles. The van der Waals surface area contributed by atoms with Crippen LogP contribution < -0.4 is 4.74 Å². The maximum absolute atomic E-state index is 12.2. The van der Waals surface area contributed by atoms with Gasteiger partial charge in [-0.15, -0.1) is 0 Å². The molecule has 0 saturated carbocycles. The SMILES string of the molecule is O=C(O)c1ccc2cccc(OC(F)F)c2c1. The fourth-order valence-corrected chi connectivity index (χ4v) is 1.58. The van der Waals surface area contributed by atoms with E-state index in [1.165, 1.54) is 18.2 Å². The van der Waals surface area contributed by atoms with Crippen molar-refractivity contribution in [2.75, 3.05) is 0 Å². The van der Waals surface area contributed by atoms with Crippen molar-refractivity contribution in [3.63, 3.8) is 0 Å². The lowest BCUT2D eigenvalue weighted by atomic mass is 10.1. The molecule has 2 rings (SSSR count). The van der Waals surface area contributed by atoms with Gasteiger partial charge in [0, 0.05) is 5.39 Å². The van der Waals surface area contributed by atoms with Gasteiger partial charge in [-0.1, -0.05) is 18.2 Å². The summed E-state index contributed by atoms with van der Waals surface area (Å²) in [6.45, 7) is -2.94. The third kappa shape index (κ3) is 2.33. The Bertz CT molecular complexity index is 567. The minimum atomic E-state index is -2.94. The second-order valence-corrected chi connectivity index (χ2v) is 3.38. The van der Waals surface area contributed by atoms with Crippen molar-refractivity contribution in [2.24, 2.45) is 0 Å². The third-order valence-electron chi connectivity index (χ3n) is 2.31. The molecule has 0 spiro atoms. The largest absolute Gasteiger partial charge is 0.478 e. The molecule has 0 fully saturated rings. The van der Waals surface area contributed by atoms with Crippen molar-refractivity contribution in [3.05, 3.63) is 42.0 Å². The van der Waals surface area contributed by atoms with E-state index in [0.29, 0.717) is 10.8 Å². The van der Waals surface area contributed by atoms with Crippen LogP contribution in [0.4, 0.5) is 8.78 Å². The smallest absolute Gasteiger partial charge is 0.387 e. The van der Waals surface area contributed by atoms with E-state index < -0.39 is 12.6 Å². The molecule has 88 valence electrons. The highest BCUT2D eigenvalue weighted by molar-refractivity contribution is 5.96. The summed E-state index contributed by atoms with van der Waals surface area (Å²) in [6.07, 6.45) is 0. The molecule has 0 aromatic heterocycles. The molecule has 0 aliphatic rings. The molecule has 0 heterocycles. The third-order valence-corrected chi connectivity index (χ3v) is 2.31. The number of fused-ring (bicyclic) bond motifs is 1. The quantitative estimate of drug-likeness (QED) is 0.893. The van der Waals surface area contributed by atoms with Crippen LogP contribution >= 0.6 is 0 Å². The molecule has 0 aliphatic heterocycles. The van der Waals surface area contributed by atoms with Crippen LogP contribution in [0.2, 0.25) is 0 Å². The maximum Gasteiger partial charge on any atom is 0.387 e. The predicted molar refractivity (Wildman–Crippen MR) is 57.5 cm³/mol. The van der Waals surface area contributed by atoms with Crippen molar-refractivity contribution in [3.8, 4) is 5.75 Å². The van der Waals surface area contributed by atoms with Crippen molar-refractivity contribution in [1.82, 2.24) is 0 Å². The van der Waals surface area contributed by atoms with Gasteiger partial charge in [0.25, 0.3) is 0 Å². The average Bonchev–Trinajstić information content (AvgIpc) is 2.28. The van der Waals surface area contributed by atoms with Crippen LogP contribution in [-0.4, -0.2) is 17.7 Å². The number of hydrogen-bond donors (Lipinski definition) is 1. The zero-order valence-corrected chi connectivity index (χ0v) is 8.56. The van der Waals surface area contributed by atoms with Crippen LogP contribution in [0.5, 0.6) is 5.75 Å². The first-order valence-corrected chi connectivity index (χ1v) is 4.79. The number of hydrogen-bond acceptors (Lipinski definition) is 2. The van der Waals surface area contributed by atoms with Gasteiger partial charge in [-0.25, -0.2) is 4.79 Å². The average molecular weight is 238 g/mol. The number of benzene rings is 2. The van der Waals surface area contributed by atoms with Gasteiger partial charge in [-0.2, -0.15) is 8.78 Å². The lowest BCUT2D eigenvalue weighted by Crippen LogP contribution is -2.03. The Balaban J connectivity index is 2.59. The molecule has 0 unspecified atom stereocenters. The van der Waals surface area contributed by atoms with Crippen molar-refractivity contribution in [2.45, 2.75) is 6.61 Å². The number of carboxylic acids is 1. The fourth-order valence-electron chi connectivity index (χ4n) is 1.58. The van der Waals surface area contributed by atoms with Crippen LogP contribution in [-0.2, 0) is 0 Å². The Kier molecular flexibility index (Phi) is 2.91. The number of ether oxygens (including phenoxy) is 1. The van der Waals surface area contributed by atoms with Crippen LogP contribution in [0.3, 0.4) is 0 Å². The van der Waals surface area contributed by atoms with E-state index in [1.54, 1.807) is 18.2 Å². The summed E-state index contributed by atoms with van der Waals surface area (Å²) in [5, 5.41) is 9.83. The van der Waals surface area contributed by atoms with E-state index in [1.807, 2.05) is 0 Å². The van der Waals surface area contributed by atoms with Gasteiger partial charge in [0.05, 0.1) is 5.56 Å². The van der Waals surface area contributed by atoms with Crippen LogP contribution in [0.1, 0.15) is 10.4 Å². The molecule has 0 amide bonds. The van der Waals surface area contributed by atoms with Crippen molar-refractivity contribution < 1.29 is 23.4 Å². The highest BCUT2D eigenvalue weighted by Gasteiger charge is 2.10. The topological polar surface area (TPSA) is 46.5 Å². The summed E-state index contributed by atoms with van der Waals surface area (Å²) in [5.41, 5.74) is 0.0304. The summed E-state index contributed by atoms with van der Waals surface area (Å²) in [4.78, 5) is 10.8. The predicted octanol–water partition coefficient (Wildman–Crippen LogP) is 3.14. The first kappa shape index (κ1) is 11.3. The zero-order valence-electron chi connectivity index (χ0n) is 8.56. The highest BCUT2D eigenvalue weighted by Crippen LogP contribution is 2.27. The van der Waals surface area contributed by atoms with E-state index in [2.05, 4.69) is 4.74 Å². The Morgan fingerprint density at radius 1 is 1.24 bits per heavy atom. The second kappa shape index (κ2) is 4.37. The molecular formula is C12H8F2O3. The number of rotatable bonds is 3. The fraction of sp³-hybridized carbons (Fsp3) is 0.0833. The monoisotopic (exact) mass is 238 g/mol. The molecule has 5 heteroatoms. The lowest BCUT2D eigenvalue weighted by Gasteiger charge is -2.08. The minimum absolute atomic E-state index is 0.0272. The van der Waals surface area contributed by atoms with E-state index in [0.717, 1.165) is 0 Å².